The molecule has 0 amide bonds. The van der Waals surface area contributed by atoms with Crippen molar-refractivity contribution in [3.8, 4) is 0 Å². The highest BCUT2D eigenvalue weighted by atomic mass is 16.3. The summed E-state index contributed by atoms with van der Waals surface area (Å²) in [5, 5.41) is 12.8. The molecule has 2 heteroatoms. The third-order valence-electron chi connectivity index (χ3n) is 3.33. The third kappa shape index (κ3) is 2.83. The standard InChI is InChI=1S/C14H23NO/c1-10(2)13(9-16)14(15-4)12-8-6-5-7-11(12)3/h5-8,10,13-16H,9H2,1-4H3. The number of aryl methyl sites for hydroxylation is 1. The summed E-state index contributed by atoms with van der Waals surface area (Å²) in [6.07, 6.45) is 0. The predicted molar refractivity (Wildman–Crippen MR) is 68.4 cm³/mol. The first kappa shape index (κ1) is 13.2. The van der Waals surface area contributed by atoms with Crippen LogP contribution >= 0.6 is 0 Å². The first-order valence-corrected chi connectivity index (χ1v) is 5.95. The molecule has 2 N–H and O–H groups in total. The minimum absolute atomic E-state index is 0.220. The highest BCUT2D eigenvalue weighted by molar-refractivity contribution is 5.29. The highest BCUT2D eigenvalue weighted by Gasteiger charge is 2.24. The van der Waals surface area contributed by atoms with Gasteiger partial charge >= 0.3 is 0 Å². The second kappa shape index (κ2) is 6.02. The Morgan fingerprint density at radius 3 is 2.31 bits per heavy atom. The van der Waals surface area contributed by atoms with Crippen molar-refractivity contribution in [1.82, 2.24) is 5.32 Å². The molecule has 1 aromatic carbocycles. The molecular weight excluding hydrogens is 198 g/mol. The van der Waals surface area contributed by atoms with E-state index in [0.717, 1.165) is 0 Å². The molecule has 0 radical (unpaired) electrons. The van der Waals surface area contributed by atoms with Gasteiger partial charge in [0, 0.05) is 18.6 Å². The summed E-state index contributed by atoms with van der Waals surface area (Å²) in [5.74, 6) is 0.716. The molecule has 1 rings (SSSR count). The maximum Gasteiger partial charge on any atom is 0.0479 e. The lowest BCUT2D eigenvalue weighted by Crippen LogP contribution is -2.31. The van der Waals surface area contributed by atoms with E-state index in [2.05, 4.69) is 50.4 Å². The van der Waals surface area contributed by atoms with Crippen molar-refractivity contribution in [3.63, 3.8) is 0 Å². The molecule has 0 spiro atoms. The fourth-order valence-corrected chi connectivity index (χ4v) is 2.24. The largest absolute Gasteiger partial charge is 0.396 e. The molecule has 16 heavy (non-hydrogen) atoms. The molecule has 0 saturated heterocycles. The Bertz CT molecular complexity index is 322. The second-order valence-corrected chi connectivity index (χ2v) is 4.71. The van der Waals surface area contributed by atoms with Crippen molar-refractivity contribution >= 4 is 0 Å². The first-order chi connectivity index (χ1) is 7.61. The Balaban J connectivity index is 3.02. The molecule has 0 fully saturated rings. The fraction of sp³-hybridized carbons (Fsp3) is 0.571. The van der Waals surface area contributed by atoms with Crippen LogP contribution in [0.4, 0.5) is 0 Å². The summed E-state index contributed by atoms with van der Waals surface area (Å²) in [6.45, 7) is 6.65. The molecule has 0 aliphatic heterocycles. The van der Waals surface area contributed by atoms with Crippen LogP contribution in [0.15, 0.2) is 24.3 Å². The molecule has 90 valence electrons. The summed E-state index contributed by atoms with van der Waals surface area (Å²) in [5.41, 5.74) is 2.57. The van der Waals surface area contributed by atoms with Crippen LogP contribution in [0.2, 0.25) is 0 Å². The van der Waals surface area contributed by atoms with Crippen molar-refractivity contribution < 1.29 is 5.11 Å². The average Bonchev–Trinajstić information content (AvgIpc) is 2.26. The van der Waals surface area contributed by atoms with E-state index < -0.39 is 0 Å². The van der Waals surface area contributed by atoms with Crippen LogP contribution < -0.4 is 5.32 Å². The van der Waals surface area contributed by atoms with Gasteiger partial charge in [0.15, 0.2) is 0 Å². The summed E-state index contributed by atoms with van der Waals surface area (Å²) < 4.78 is 0. The van der Waals surface area contributed by atoms with Crippen molar-refractivity contribution in [1.29, 1.82) is 0 Å². The van der Waals surface area contributed by atoms with Gasteiger partial charge in [-0.1, -0.05) is 38.1 Å². The second-order valence-electron chi connectivity index (χ2n) is 4.71. The molecule has 1 aromatic rings. The molecule has 0 saturated carbocycles. The zero-order valence-electron chi connectivity index (χ0n) is 10.7. The minimum Gasteiger partial charge on any atom is -0.396 e. The molecule has 2 unspecified atom stereocenters. The van der Waals surface area contributed by atoms with Crippen LogP contribution in [0.1, 0.15) is 31.0 Å². The Labute approximate surface area is 98.7 Å². The van der Waals surface area contributed by atoms with E-state index in [-0.39, 0.29) is 18.6 Å². The number of nitrogens with one attached hydrogen (secondary N) is 1. The van der Waals surface area contributed by atoms with Crippen molar-refractivity contribution in [2.75, 3.05) is 13.7 Å². The van der Waals surface area contributed by atoms with Gasteiger partial charge in [0.05, 0.1) is 0 Å². The van der Waals surface area contributed by atoms with E-state index >= 15 is 0 Å². The van der Waals surface area contributed by atoms with Crippen LogP contribution in [0.5, 0.6) is 0 Å². The van der Waals surface area contributed by atoms with Gasteiger partial charge in [-0.2, -0.15) is 0 Å². The lowest BCUT2D eigenvalue weighted by Gasteiger charge is -2.29. The van der Waals surface area contributed by atoms with Gasteiger partial charge in [-0.15, -0.1) is 0 Å². The normalized spacial score (nSPS) is 15.1. The van der Waals surface area contributed by atoms with Gasteiger partial charge in [-0.25, -0.2) is 0 Å². The number of hydrogen-bond acceptors (Lipinski definition) is 2. The fourth-order valence-electron chi connectivity index (χ4n) is 2.24. The van der Waals surface area contributed by atoms with E-state index in [1.807, 2.05) is 7.05 Å². The van der Waals surface area contributed by atoms with Crippen LogP contribution in [0.25, 0.3) is 0 Å². The van der Waals surface area contributed by atoms with Gasteiger partial charge in [-0.05, 0) is 31.0 Å². The monoisotopic (exact) mass is 221 g/mol. The molecule has 2 atom stereocenters. The zero-order chi connectivity index (χ0) is 12.1. The van der Waals surface area contributed by atoms with Crippen LogP contribution in [-0.4, -0.2) is 18.8 Å². The molecule has 0 bridgehead atoms. The summed E-state index contributed by atoms with van der Waals surface area (Å²) in [4.78, 5) is 0. The first-order valence-electron chi connectivity index (χ1n) is 5.95. The number of aliphatic hydroxyl groups is 1. The lowest BCUT2D eigenvalue weighted by molar-refractivity contribution is 0.154. The summed E-state index contributed by atoms with van der Waals surface area (Å²) in [7, 11) is 1.96. The quantitative estimate of drug-likeness (QED) is 0.800. The average molecular weight is 221 g/mol. The Morgan fingerprint density at radius 1 is 1.25 bits per heavy atom. The predicted octanol–water partition coefficient (Wildman–Crippen LogP) is 2.52. The van der Waals surface area contributed by atoms with Gasteiger partial charge in [0.1, 0.15) is 0 Å². The topological polar surface area (TPSA) is 32.3 Å². The van der Waals surface area contributed by atoms with E-state index in [1.54, 1.807) is 0 Å². The Kier molecular flexibility index (Phi) is 4.97. The molecule has 0 aliphatic rings. The summed E-state index contributed by atoms with van der Waals surface area (Å²) >= 11 is 0. The van der Waals surface area contributed by atoms with Crippen molar-refractivity contribution in [2.45, 2.75) is 26.8 Å². The summed E-state index contributed by atoms with van der Waals surface area (Å²) in [6, 6.07) is 8.60. The van der Waals surface area contributed by atoms with Crippen molar-refractivity contribution in [2.24, 2.45) is 11.8 Å². The number of rotatable bonds is 5. The van der Waals surface area contributed by atoms with E-state index in [9.17, 15) is 5.11 Å². The van der Waals surface area contributed by atoms with E-state index in [0.29, 0.717) is 5.92 Å². The lowest BCUT2D eigenvalue weighted by atomic mass is 9.84. The zero-order valence-corrected chi connectivity index (χ0v) is 10.7. The number of aliphatic hydroxyl groups excluding tert-OH is 1. The van der Waals surface area contributed by atoms with Crippen molar-refractivity contribution in [3.05, 3.63) is 35.4 Å². The Morgan fingerprint density at radius 2 is 1.88 bits per heavy atom. The molecule has 0 aliphatic carbocycles. The van der Waals surface area contributed by atoms with Gasteiger partial charge < -0.3 is 10.4 Å². The third-order valence-corrected chi connectivity index (χ3v) is 3.33. The molecular formula is C14H23NO. The maximum atomic E-state index is 9.51. The minimum atomic E-state index is 0.220. The molecule has 0 aromatic heterocycles. The van der Waals surface area contributed by atoms with E-state index in [4.69, 9.17) is 0 Å². The molecule has 0 heterocycles. The van der Waals surface area contributed by atoms with Gasteiger partial charge in [0.25, 0.3) is 0 Å². The smallest absolute Gasteiger partial charge is 0.0479 e. The maximum absolute atomic E-state index is 9.51. The van der Waals surface area contributed by atoms with E-state index in [1.165, 1.54) is 11.1 Å². The highest BCUT2D eigenvalue weighted by Crippen LogP contribution is 2.29. The van der Waals surface area contributed by atoms with Crippen LogP contribution in [0, 0.1) is 18.8 Å². The van der Waals surface area contributed by atoms with Crippen LogP contribution in [-0.2, 0) is 0 Å². The molecule has 2 nitrogen and oxygen atoms in total. The SMILES string of the molecule is CNC(c1ccccc1C)C(CO)C(C)C. The number of benzene rings is 1. The van der Waals surface area contributed by atoms with Gasteiger partial charge in [0.2, 0.25) is 0 Å². The van der Waals surface area contributed by atoms with Crippen LogP contribution in [0.3, 0.4) is 0 Å². The Hall–Kier alpha value is -0.860. The number of hydrogen-bond donors (Lipinski definition) is 2. The van der Waals surface area contributed by atoms with Gasteiger partial charge in [-0.3, -0.25) is 0 Å².